The Kier molecular flexibility index (Phi) is 3.50. The van der Waals surface area contributed by atoms with Crippen LogP contribution in [0.15, 0.2) is 54.9 Å². The minimum absolute atomic E-state index is 0.0869. The Balaban J connectivity index is 1.90. The second-order valence-corrected chi connectivity index (χ2v) is 5.05. The van der Waals surface area contributed by atoms with Crippen molar-refractivity contribution in [3.05, 3.63) is 66.0 Å². The van der Waals surface area contributed by atoms with E-state index in [1.54, 1.807) is 0 Å². The molecule has 0 aliphatic heterocycles. The van der Waals surface area contributed by atoms with Crippen LogP contribution in [0.25, 0.3) is 10.8 Å². The zero-order valence-corrected chi connectivity index (χ0v) is 11.5. The number of aryl methyl sites for hydroxylation is 1. The molecule has 20 heavy (non-hydrogen) atoms. The summed E-state index contributed by atoms with van der Waals surface area (Å²) < 4.78 is 1.81. The standard InChI is InChI=1S/C16H18N4/c1-20-11-12(10-18-20)8-16(19-17)15-7-6-13-4-2-3-5-14(13)9-15/h2-7,9-11,16,19H,8,17H2,1H3. The zero-order chi connectivity index (χ0) is 13.9. The van der Waals surface area contributed by atoms with Gasteiger partial charge in [0.05, 0.1) is 12.2 Å². The fourth-order valence-corrected chi connectivity index (χ4v) is 2.51. The molecule has 0 saturated carbocycles. The molecule has 3 aromatic rings. The first-order valence-electron chi connectivity index (χ1n) is 6.68. The maximum atomic E-state index is 5.73. The third-order valence-electron chi connectivity index (χ3n) is 3.58. The van der Waals surface area contributed by atoms with Crippen molar-refractivity contribution in [2.24, 2.45) is 12.9 Å². The topological polar surface area (TPSA) is 55.9 Å². The van der Waals surface area contributed by atoms with Crippen molar-refractivity contribution < 1.29 is 0 Å². The molecule has 0 bridgehead atoms. The number of nitrogens with zero attached hydrogens (tertiary/aromatic N) is 2. The lowest BCUT2D eigenvalue weighted by Gasteiger charge is -2.16. The molecular formula is C16H18N4. The molecule has 3 rings (SSSR count). The van der Waals surface area contributed by atoms with Crippen LogP contribution in [0.1, 0.15) is 17.2 Å². The van der Waals surface area contributed by atoms with Gasteiger partial charge < -0.3 is 0 Å². The second-order valence-electron chi connectivity index (χ2n) is 5.05. The van der Waals surface area contributed by atoms with Crippen LogP contribution in [-0.2, 0) is 13.5 Å². The van der Waals surface area contributed by atoms with Gasteiger partial charge in [-0.2, -0.15) is 5.10 Å². The summed E-state index contributed by atoms with van der Waals surface area (Å²) in [6, 6.07) is 14.9. The Morgan fingerprint density at radius 1 is 1.20 bits per heavy atom. The fraction of sp³-hybridized carbons (Fsp3) is 0.188. The highest BCUT2D eigenvalue weighted by Crippen LogP contribution is 2.22. The van der Waals surface area contributed by atoms with Gasteiger partial charge in [-0.15, -0.1) is 0 Å². The number of hydrogen-bond donors (Lipinski definition) is 2. The zero-order valence-electron chi connectivity index (χ0n) is 11.5. The van der Waals surface area contributed by atoms with E-state index < -0.39 is 0 Å². The summed E-state index contributed by atoms with van der Waals surface area (Å²) in [5, 5.41) is 6.67. The highest BCUT2D eigenvalue weighted by Gasteiger charge is 2.12. The highest BCUT2D eigenvalue weighted by atomic mass is 15.2. The molecule has 4 heteroatoms. The molecule has 0 radical (unpaired) electrons. The Morgan fingerprint density at radius 3 is 2.70 bits per heavy atom. The van der Waals surface area contributed by atoms with E-state index in [2.05, 4.69) is 53.0 Å². The van der Waals surface area contributed by atoms with E-state index in [0.717, 1.165) is 6.42 Å². The van der Waals surface area contributed by atoms with E-state index in [1.165, 1.54) is 21.9 Å². The third-order valence-corrected chi connectivity index (χ3v) is 3.58. The lowest BCUT2D eigenvalue weighted by Crippen LogP contribution is -2.29. The average Bonchev–Trinajstić information content (AvgIpc) is 2.89. The quantitative estimate of drug-likeness (QED) is 0.563. The van der Waals surface area contributed by atoms with Gasteiger partial charge in [0.25, 0.3) is 0 Å². The van der Waals surface area contributed by atoms with Gasteiger partial charge in [-0.25, -0.2) is 0 Å². The number of aromatic nitrogens is 2. The summed E-state index contributed by atoms with van der Waals surface area (Å²) in [6.45, 7) is 0. The Hall–Kier alpha value is -2.17. The molecule has 0 aliphatic carbocycles. The molecule has 3 N–H and O–H groups in total. The second kappa shape index (κ2) is 5.45. The number of fused-ring (bicyclic) bond motifs is 1. The fourth-order valence-electron chi connectivity index (χ4n) is 2.51. The molecule has 4 nitrogen and oxygen atoms in total. The monoisotopic (exact) mass is 266 g/mol. The summed E-state index contributed by atoms with van der Waals surface area (Å²) in [6.07, 6.45) is 4.72. The number of rotatable bonds is 4. The Bertz CT molecular complexity index is 717. The molecule has 0 amide bonds. The van der Waals surface area contributed by atoms with Crippen LogP contribution >= 0.6 is 0 Å². The smallest absolute Gasteiger partial charge is 0.0522 e. The molecule has 1 heterocycles. The number of hydrazine groups is 1. The maximum absolute atomic E-state index is 5.73. The van der Waals surface area contributed by atoms with Crippen LogP contribution in [0.2, 0.25) is 0 Å². The molecular weight excluding hydrogens is 248 g/mol. The number of nitrogens with two attached hydrogens (primary N) is 1. The first-order chi connectivity index (χ1) is 9.76. The summed E-state index contributed by atoms with van der Waals surface area (Å²) in [4.78, 5) is 0. The first-order valence-corrected chi connectivity index (χ1v) is 6.68. The first kappa shape index (κ1) is 12.8. The largest absolute Gasteiger partial charge is 0.276 e. The predicted molar refractivity (Wildman–Crippen MR) is 80.9 cm³/mol. The molecule has 0 saturated heterocycles. The normalized spacial score (nSPS) is 12.7. The van der Waals surface area contributed by atoms with Crippen molar-refractivity contribution in [1.82, 2.24) is 15.2 Å². The molecule has 2 aromatic carbocycles. The number of hydrogen-bond acceptors (Lipinski definition) is 3. The molecule has 1 aromatic heterocycles. The van der Waals surface area contributed by atoms with E-state index in [-0.39, 0.29) is 6.04 Å². The SMILES string of the molecule is Cn1cc(CC(NN)c2ccc3ccccc3c2)cn1. The van der Waals surface area contributed by atoms with Crippen LogP contribution in [0.4, 0.5) is 0 Å². The van der Waals surface area contributed by atoms with Crippen molar-refractivity contribution in [3.63, 3.8) is 0 Å². The van der Waals surface area contributed by atoms with E-state index in [1.807, 2.05) is 24.1 Å². The van der Waals surface area contributed by atoms with Crippen LogP contribution in [0.5, 0.6) is 0 Å². The molecule has 102 valence electrons. The number of nitrogens with one attached hydrogen (secondary N) is 1. The van der Waals surface area contributed by atoms with Crippen LogP contribution in [-0.4, -0.2) is 9.78 Å². The van der Waals surface area contributed by atoms with Crippen LogP contribution in [0, 0.1) is 0 Å². The van der Waals surface area contributed by atoms with E-state index >= 15 is 0 Å². The highest BCUT2D eigenvalue weighted by molar-refractivity contribution is 5.83. The van der Waals surface area contributed by atoms with Gasteiger partial charge in [-0.3, -0.25) is 16.0 Å². The summed E-state index contributed by atoms with van der Waals surface area (Å²) in [5.74, 6) is 5.73. The average molecular weight is 266 g/mol. The van der Waals surface area contributed by atoms with E-state index in [0.29, 0.717) is 0 Å². The Morgan fingerprint density at radius 2 is 2.00 bits per heavy atom. The molecule has 1 atom stereocenters. The van der Waals surface area contributed by atoms with Crippen LogP contribution < -0.4 is 11.3 Å². The van der Waals surface area contributed by atoms with Gasteiger partial charge in [0.2, 0.25) is 0 Å². The molecule has 0 spiro atoms. The maximum Gasteiger partial charge on any atom is 0.0522 e. The van der Waals surface area contributed by atoms with Crippen molar-refractivity contribution in [1.29, 1.82) is 0 Å². The van der Waals surface area contributed by atoms with Crippen molar-refractivity contribution in [3.8, 4) is 0 Å². The van der Waals surface area contributed by atoms with Crippen LogP contribution in [0.3, 0.4) is 0 Å². The predicted octanol–water partition coefficient (Wildman–Crippen LogP) is 2.32. The van der Waals surface area contributed by atoms with E-state index in [9.17, 15) is 0 Å². The van der Waals surface area contributed by atoms with Crippen molar-refractivity contribution in [2.45, 2.75) is 12.5 Å². The van der Waals surface area contributed by atoms with Crippen molar-refractivity contribution in [2.75, 3.05) is 0 Å². The summed E-state index contributed by atoms with van der Waals surface area (Å²) >= 11 is 0. The summed E-state index contributed by atoms with van der Waals surface area (Å²) in [5.41, 5.74) is 5.26. The van der Waals surface area contributed by atoms with Gasteiger partial charge in [0.15, 0.2) is 0 Å². The molecule has 0 aliphatic rings. The van der Waals surface area contributed by atoms with Gasteiger partial charge >= 0.3 is 0 Å². The molecule has 0 fully saturated rings. The minimum Gasteiger partial charge on any atom is -0.276 e. The summed E-state index contributed by atoms with van der Waals surface area (Å²) in [7, 11) is 1.92. The van der Waals surface area contributed by atoms with Crippen molar-refractivity contribution >= 4 is 10.8 Å². The van der Waals surface area contributed by atoms with E-state index in [4.69, 9.17) is 5.84 Å². The molecule has 1 unspecified atom stereocenters. The number of benzene rings is 2. The Labute approximate surface area is 118 Å². The lowest BCUT2D eigenvalue weighted by atomic mass is 9.98. The van der Waals surface area contributed by atoms with Gasteiger partial charge in [0.1, 0.15) is 0 Å². The minimum atomic E-state index is 0.0869. The third kappa shape index (κ3) is 2.57. The lowest BCUT2D eigenvalue weighted by molar-refractivity contribution is 0.552. The van der Waals surface area contributed by atoms with Gasteiger partial charge in [-0.1, -0.05) is 36.4 Å². The van der Waals surface area contributed by atoms with Gasteiger partial charge in [0, 0.05) is 13.2 Å². The van der Waals surface area contributed by atoms with Gasteiger partial charge in [-0.05, 0) is 34.4 Å².